The van der Waals surface area contributed by atoms with E-state index in [1.54, 1.807) is 11.6 Å². The first-order valence-corrected chi connectivity index (χ1v) is 11.9. The van der Waals surface area contributed by atoms with Crippen LogP contribution in [0.3, 0.4) is 0 Å². The second-order valence-electron chi connectivity index (χ2n) is 8.21. The summed E-state index contributed by atoms with van der Waals surface area (Å²) >= 11 is 1.48. The number of hydrogen-bond acceptors (Lipinski definition) is 6. The van der Waals surface area contributed by atoms with Crippen molar-refractivity contribution in [3.05, 3.63) is 46.8 Å². The van der Waals surface area contributed by atoms with E-state index < -0.39 is 0 Å². The van der Waals surface area contributed by atoms with Crippen molar-refractivity contribution < 1.29 is 9.53 Å². The quantitative estimate of drug-likeness (QED) is 0.566. The molecule has 164 valence electrons. The molecule has 0 atom stereocenters. The molecule has 0 spiro atoms. The van der Waals surface area contributed by atoms with E-state index in [9.17, 15) is 4.79 Å². The van der Waals surface area contributed by atoms with E-state index in [0.717, 1.165) is 48.4 Å². The topological polar surface area (TPSA) is 81.4 Å². The van der Waals surface area contributed by atoms with Crippen LogP contribution in [-0.2, 0) is 16.6 Å². The number of hydrogen-bond donors (Lipinski definition) is 1. The third-order valence-corrected chi connectivity index (χ3v) is 6.95. The summed E-state index contributed by atoms with van der Waals surface area (Å²) in [6.07, 6.45) is 6.64. The van der Waals surface area contributed by atoms with Crippen molar-refractivity contribution in [2.45, 2.75) is 56.5 Å². The zero-order valence-corrected chi connectivity index (χ0v) is 19.4. The van der Waals surface area contributed by atoms with Crippen LogP contribution in [0.1, 0.15) is 48.2 Å². The molecule has 0 saturated heterocycles. The Morgan fingerprint density at radius 1 is 1.23 bits per heavy atom. The number of ether oxygens (including phenoxy) is 1. The van der Waals surface area contributed by atoms with Crippen molar-refractivity contribution in [2.75, 3.05) is 19.9 Å². The number of rotatable bonds is 7. The van der Waals surface area contributed by atoms with Crippen molar-refractivity contribution in [1.82, 2.24) is 24.9 Å². The van der Waals surface area contributed by atoms with E-state index >= 15 is 0 Å². The highest BCUT2D eigenvalue weighted by Gasteiger charge is 2.38. The Balaban J connectivity index is 1.53. The van der Waals surface area contributed by atoms with E-state index in [1.165, 1.54) is 17.3 Å². The molecular formula is C23H29N5O2S. The van der Waals surface area contributed by atoms with E-state index in [0.29, 0.717) is 17.5 Å². The standard InChI is InChI=1S/C23H29N5O2S/c1-15-17(16(2)28-21(25-15)26-22(27-28)31-4)13-20(29)24-14-23(11-7-8-12-23)18-9-5-6-10-19(18)30-3/h5-6,9-10H,7-8,11-14H2,1-4H3,(H,24,29). The van der Waals surface area contributed by atoms with Crippen molar-refractivity contribution in [1.29, 1.82) is 0 Å². The lowest BCUT2D eigenvalue weighted by molar-refractivity contribution is -0.120. The number of thioether (sulfide) groups is 1. The van der Waals surface area contributed by atoms with Crippen LogP contribution in [0, 0.1) is 13.8 Å². The minimum Gasteiger partial charge on any atom is -0.496 e. The molecule has 31 heavy (non-hydrogen) atoms. The van der Waals surface area contributed by atoms with Crippen LogP contribution in [0.4, 0.5) is 0 Å². The number of nitrogens with zero attached hydrogens (tertiary/aromatic N) is 4. The van der Waals surface area contributed by atoms with Gasteiger partial charge in [-0.2, -0.15) is 4.98 Å². The third-order valence-electron chi connectivity index (χ3n) is 6.41. The van der Waals surface area contributed by atoms with Gasteiger partial charge in [0.2, 0.25) is 11.1 Å². The first-order chi connectivity index (χ1) is 15.0. The first kappa shape index (κ1) is 21.6. The van der Waals surface area contributed by atoms with Gasteiger partial charge in [-0.15, -0.1) is 5.10 Å². The number of carbonyl (C=O) groups excluding carboxylic acids is 1. The maximum absolute atomic E-state index is 13.0. The van der Waals surface area contributed by atoms with Crippen LogP contribution >= 0.6 is 11.8 Å². The normalized spacial score (nSPS) is 15.4. The van der Waals surface area contributed by atoms with Gasteiger partial charge in [-0.3, -0.25) is 4.79 Å². The molecule has 1 aliphatic carbocycles. The smallest absolute Gasteiger partial charge is 0.253 e. The molecule has 1 aliphatic rings. The number of amides is 1. The summed E-state index contributed by atoms with van der Waals surface area (Å²) in [7, 11) is 1.71. The summed E-state index contributed by atoms with van der Waals surface area (Å²) in [5.74, 6) is 1.47. The van der Waals surface area contributed by atoms with Crippen molar-refractivity contribution in [2.24, 2.45) is 0 Å². The second kappa shape index (κ2) is 8.86. The predicted octanol–water partition coefficient (Wildman–Crippen LogP) is 3.64. The molecule has 3 aromatic rings. The summed E-state index contributed by atoms with van der Waals surface area (Å²) in [4.78, 5) is 22.0. The molecule has 8 heteroatoms. The van der Waals surface area contributed by atoms with Crippen molar-refractivity contribution >= 4 is 23.4 Å². The largest absolute Gasteiger partial charge is 0.496 e. The van der Waals surface area contributed by atoms with Gasteiger partial charge in [-0.05, 0) is 39.0 Å². The molecule has 1 saturated carbocycles. The van der Waals surface area contributed by atoms with Gasteiger partial charge < -0.3 is 10.1 Å². The molecule has 2 aromatic heterocycles. The zero-order chi connectivity index (χ0) is 22.0. The van der Waals surface area contributed by atoms with Gasteiger partial charge in [-0.25, -0.2) is 9.50 Å². The van der Waals surface area contributed by atoms with Gasteiger partial charge in [0.1, 0.15) is 5.75 Å². The number of fused-ring (bicyclic) bond motifs is 1. The molecule has 0 radical (unpaired) electrons. The maximum atomic E-state index is 13.0. The average Bonchev–Trinajstić information content (AvgIpc) is 3.43. The Kier molecular flexibility index (Phi) is 6.18. The van der Waals surface area contributed by atoms with Crippen LogP contribution < -0.4 is 10.1 Å². The van der Waals surface area contributed by atoms with Crippen LogP contribution in [0.25, 0.3) is 5.78 Å². The van der Waals surface area contributed by atoms with Gasteiger partial charge in [-0.1, -0.05) is 42.8 Å². The Hall–Kier alpha value is -2.61. The predicted molar refractivity (Wildman–Crippen MR) is 122 cm³/mol. The van der Waals surface area contributed by atoms with Crippen LogP contribution in [0.5, 0.6) is 5.75 Å². The van der Waals surface area contributed by atoms with Crippen LogP contribution in [0.15, 0.2) is 29.4 Å². The molecule has 0 bridgehead atoms. The first-order valence-electron chi connectivity index (χ1n) is 10.6. The molecule has 1 N–H and O–H groups in total. The van der Waals surface area contributed by atoms with E-state index in [2.05, 4.69) is 26.4 Å². The van der Waals surface area contributed by atoms with Gasteiger partial charge in [0, 0.05) is 34.5 Å². The summed E-state index contributed by atoms with van der Waals surface area (Å²) in [6, 6.07) is 8.18. The van der Waals surface area contributed by atoms with Crippen LogP contribution in [-0.4, -0.2) is 45.4 Å². The Bertz CT molecular complexity index is 1100. The van der Waals surface area contributed by atoms with Gasteiger partial charge >= 0.3 is 0 Å². The summed E-state index contributed by atoms with van der Waals surface area (Å²) in [5, 5.41) is 8.37. The summed E-state index contributed by atoms with van der Waals surface area (Å²) in [6.45, 7) is 4.51. The highest BCUT2D eigenvalue weighted by molar-refractivity contribution is 7.98. The lowest BCUT2D eigenvalue weighted by Crippen LogP contribution is -2.40. The van der Waals surface area contributed by atoms with E-state index in [-0.39, 0.29) is 17.7 Å². The number of methoxy groups -OCH3 is 1. The number of nitrogens with one attached hydrogen (secondary N) is 1. The second-order valence-corrected chi connectivity index (χ2v) is 8.99. The zero-order valence-electron chi connectivity index (χ0n) is 18.6. The monoisotopic (exact) mass is 439 g/mol. The summed E-state index contributed by atoms with van der Waals surface area (Å²) in [5.41, 5.74) is 3.75. The fourth-order valence-electron chi connectivity index (χ4n) is 4.70. The fraction of sp³-hybridized carbons (Fsp3) is 0.478. The number of aryl methyl sites for hydroxylation is 2. The van der Waals surface area contributed by atoms with E-state index in [4.69, 9.17) is 4.74 Å². The molecule has 0 unspecified atom stereocenters. The Labute approximate surface area is 187 Å². The highest BCUT2D eigenvalue weighted by atomic mass is 32.2. The molecule has 7 nitrogen and oxygen atoms in total. The number of aromatic nitrogens is 4. The van der Waals surface area contributed by atoms with E-state index in [1.807, 2.05) is 38.3 Å². The van der Waals surface area contributed by atoms with Crippen LogP contribution in [0.2, 0.25) is 0 Å². The van der Waals surface area contributed by atoms with Gasteiger partial charge in [0.25, 0.3) is 5.78 Å². The number of para-hydroxylation sites is 1. The average molecular weight is 440 g/mol. The highest BCUT2D eigenvalue weighted by Crippen LogP contribution is 2.44. The minimum atomic E-state index is -0.0757. The third kappa shape index (κ3) is 4.13. The lowest BCUT2D eigenvalue weighted by atomic mass is 9.78. The molecule has 2 heterocycles. The van der Waals surface area contributed by atoms with Crippen molar-refractivity contribution in [3.63, 3.8) is 0 Å². The molecular weight excluding hydrogens is 410 g/mol. The molecule has 1 fully saturated rings. The van der Waals surface area contributed by atoms with Gasteiger partial charge in [0.05, 0.1) is 13.5 Å². The molecule has 1 amide bonds. The SMILES string of the molecule is COc1ccccc1C1(CNC(=O)Cc2c(C)nc3nc(SC)nn3c2C)CCCC1. The Morgan fingerprint density at radius 2 is 1.97 bits per heavy atom. The fourth-order valence-corrected chi connectivity index (χ4v) is 5.04. The number of benzene rings is 1. The van der Waals surface area contributed by atoms with Gasteiger partial charge in [0.15, 0.2) is 0 Å². The Morgan fingerprint density at radius 3 is 2.68 bits per heavy atom. The molecule has 1 aromatic carbocycles. The molecule has 4 rings (SSSR count). The number of carbonyl (C=O) groups is 1. The minimum absolute atomic E-state index is 0.00118. The molecule has 0 aliphatic heterocycles. The maximum Gasteiger partial charge on any atom is 0.253 e. The lowest BCUT2D eigenvalue weighted by Gasteiger charge is -2.31. The summed E-state index contributed by atoms with van der Waals surface area (Å²) < 4.78 is 7.36. The van der Waals surface area contributed by atoms with Crippen molar-refractivity contribution in [3.8, 4) is 5.75 Å².